The number of benzene rings is 2. The van der Waals surface area contributed by atoms with E-state index in [1.165, 1.54) is 4.90 Å². The Morgan fingerprint density at radius 2 is 1.84 bits per heavy atom. The molecule has 1 amide bonds. The fraction of sp³-hybridized carbons (Fsp3) is 0.273. The second-order valence-corrected chi connectivity index (χ2v) is 7.64. The predicted octanol–water partition coefficient (Wildman–Crippen LogP) is 2.82. The summed E-state index contributed by atoms with van der Waals surface area (Å²) in [6, 6.07) is 12.9. The van der Waals surface area contributed by atoms with Gasteiger partial charge in [0.2, 0.25) is 0 Å². The van der Waals surface area contributed by atoms with Gasteiger partial charge >= 0.3 is 6.09 Å². The van der Waals surface area contributed by atoms with Crippen molar-refractivity contribution in [2.45, 2.75) is 26.3 Å². The average Bonchev–Trinajstić information content (AvgIpc) is 3.09. The van der Waals surface area contributed by atoms with E-state index in [1.54, 1.807) is 12.1 Å². The summed E-state index contributed by atoms with van der Waals surface area (Å²) in [5.41, 5.74) is 15.5. The number of imidazole rings is 1. The van der Waals surface area contributed by atoms with Crippen molar-refractivity contribution in [1.82, 2.24) is 14.9 Å². The summed E-state index contributed by atoms with van der Waals surface area (Å²) < 4.78 is 0. The molecule has 8 N–H and O–H groups in total. The molecule has 0 saturated carbocycles. The third-order valence-corrected chi connectivity index (χ3v) is 5.24. The molecule has 1 aromatic heterocycles. The summed E-state index contributed by atoms with van der Waals surface area (Å²) in [4.78, 5) is 20.7. The third-order valence-electron chi connectivity index (χ3n) is 5.24. The minimum atomic E-state index is -1.06. The van der Waals surface area contributed by atoms with Crippen LogP contribution in [-0.2, 0) is 13.0 Å². The molecule has 162 valence electrons. The lowest BCUT2D eigenvalue weighted by Crippen LogP contribution is -2.38. The first-order valence-electron chi connectivity index (χ1n) is 9.93. The van der Waals surface area contributed by atoms with E-state index in [0.717, 1.165) is 28.0 Å². The highest BCUT2D eigenvalue weighted by Crippen LogP contribution is 2.18. The molecule has 9 nitrogen and oxygen atoms in total. The molecular weight excluding hydrogens is 394 g/mol. The van der Waals surface area contributed by atoms with Crippen molar-refractivity contribution in [3.8, 4) is 0 Å². The quantitative estimate of drug-likeness (QED) is 0.230. The predicted molar refractivity (Wildman–Crippen MR) is 120 cm³/mol. The number of nitrogens with zero attached hydrogens (tertiary/aromatic N) is 2. The first kappa shape index (κ1) is 21.8. The van der Waals surface area contributed by atoms with Crippen molar-refractivity contribution in [2.75, 3.05) is 6.54 Å². The lowest BCUT2D eigenvalue weighted by Gasteiger charge is -2.25. The van der Waals surface area contributed by atoms with Gasteiger partial charge in [0, 0.05) is 24.6 Å². The molecule has 0 radical (unpaired) electrons. The summed E-state index contributed by atoms with van der Waals surface area (Å²) >= 11 is 0. The van der Waals surface area contributed by atoms with E-state index in [9.17, 15) is 9.90 Å². The number of hydrogen-bond donors (Lipinski definition) is 6. The van der Waals surface area contributed by atoms with Gasteiger partial charge in [-0.2, -0.15) is 0 Å². The molecule has 0 aliphatic rings. The Hall–Kier alpha value is -3.88. The Balaban J connectivity index is 1.67. The first-order valence-corrected chi connectivity index (χ1v) is 9.93. The Labute approximate surface area is 180 Å². The van der Waals surface area contributed by atoms with Crippen molar-refractivity contribution in [3.63, 3.8) is 0 Å². The molecular formula is C22H27N7O2. The lowest BCUT2D eigenvalue weighted by atomic mass is 9.97. The summed E-state index contributed by atoms with van der Waals surface area (Å²) in [7, 11) is 0. The van der Waals surface area contributed by atoms with E-state index in [1.807, 2.05) is 37.3 Å². The summed E-state index contributed by atoms with van der Waals surface area (Å²) in [6.45, 7) is 2.20. The molecule has 0 aliphatic heterocycles. The summed E-state index contributed by atoms with van der Waals surface area (Å²) in [5, 5.41) is 25.1. The fourth-order valence-corrected chi connectivity index (χ4v) is 3.52. The zero-order chi connectivity index (χ0) is 22.5. The molecule has 0 bridgehead atoms. The number of aromatic nitrogens is 2. The zero-order valence-electron chi connectivity index (χ0n) is 17.4. The minimum Gasteiger partial charge on any atom is -0.465 e. The van der Waals surface area contributed by atoms with Crippen LogP contribution in [-0.4, -0.2) is 44.3 Å². The van der Waals surface area contributed by atoms with Crippen LogP contribution in [0.5, 0.6) is 0 Å². The SMILES string of the molecule is Cc1nc2ccc(CN(CC(CCc3ccc(C(=N)N)cc3)C(=N)N)C(=O)O)cc2[nH]1. The number of amides is 1. The highest BCUT2D eigenvalue weighted by atomic mass is 16.4. The van der Waals surface area contributed by atoms with E-state index < -0.39 is 12.0 Å². The Bertz CT molecular complexity index is 1100. The number of aryl methyl sites for hydroxylation is 2. The molecule has 3 aromatic rings. The van der Waals surface area contributed by atoms with Crippen LogP contribution >= 0.6 is 0 Å². The normalized spacial score (nSPS) is 11.9. The monoisotopic (exact) mass is 421 g/mol. The number of carboxylic acid groups (broad SMARTS) is 1. The van der Waals surface area contributed by atoms with Crippen LogP contribution in [0, 0.1) is 23.7 Å². The van der Waals surface area contributed by atoms with Gasteiger partial charge in [-0.25, -0.2) is 9.78 Å². The summed E-state index contributed by atoms with van der Waals surface area (Å²) in [5.74, 6) is 0.372. The average molecular weight is 422 g/mol. The van der Waals surface area contributed by atoms with Crippen molar-refractivity contribution >= 4 is 28.8 Å². The number of hydrogen-bond acceptors (Lipinski definition) is 4. The van der Waals surface area contributed by atoms with Crippen LogP contribution in [0.25, 0.3) is 11.0 Å². The van der Waals surface area contributed by atoms with Crippen LogP contribution in [0.15, 0.2) is 42.5 Å². The van der Waals surface area contributed by atoms with E-state index in [-0.39, 0.29) is 24.8 Å². The maximum atomic E-state index is 11.9. The summed E-state index contributed by atoms with van der Waals surface area (Å²) in [6.07, 6.45) is 0.116. The molecule has 2 aromatic carbocycles. The fourth-order valence-electron chi connectivity index (χ4n) is 3.52. The van der Waals surface area contributed by atoms with Crippen molar-refractivity contribution < 1.29 is 9.90 Å². The zero-order valence-corrected chi connectivity index (χ0v) is 17.4. The van der Waals surface area contributed by atoms with Gasteiger partial charge in [-0.1, -0.05) is 30.3 Å². The van der Waals surface area contributed by atoms with Gasteiger partial charge < -0.3 is 26.5 Å². The molecule has 0 saturated heterocycles. The number of H-pyrrole nitrogens is 1. The molecule has 1 heterocycles. The van der Waals surface area contributed by atoms with Crippen LogP contribution < -0.4 is 11.5 Å². The highest BCUT2D eigenvalue weighted by molar-refractivity contribution is 5.94. The van der Waals surface area contributed by atoms with Gasteiger partial charge in [-0.05, 0) is 43.0 Å². The van der Waals surface area contributed by atoms with Crippen LogP contribution in [0.4, 0.5) is 4.79 Å². The second-order valence-electron chi connectivity index (χ2n) is 7.64. The van der Waals surface area contributed by atoms with Crippen molar-refractivity contribution in [1.29, 1.82) is 10.8 Å². The molecule has 9 heteroatoms. The Morgan fingerprint density at radius 3 is 2.45 bits per heavy atom. The van der Waals surface area contributed by atoms with Gasteiger partial charge in [0.1, 0.15) is 11.7 Å². The lowest BCUT2D eigenvalue weighted by molar-refractivity contribution is 0.137. The standard InChI is InChI=1S/C22H27N7O2/c1-13-27-18-9-5-15(10-19(18)28-13)11-29(22(30)31)12-17(21(25)26)8-4-14-2-6-16(7-3-14)20(23)24/h2-3,5-7,9-10,17H,4,8,11-12H2,1H3,(H3,23,24)(H3,25,26)(H,27,28)(H,30,31). The number of aromatic amines is 1. The molecule has 0 aliphatic carbocycles. The number of rotatable bonds is 9. The van der Waals surface area contributed by atoms with E-state index in [0.29, 0.717) is 18.4 Å². The largest absolute Gasteiger partial charge is 0.465 e. The number of fused-ring (bicyclic) bond motifs is 1. The second kappa shape index (κ2) is 9.29. The highest BCUT2D eigenvalue weighted by Gasteiger charge is 2.21. The van der Waals surface area contributed by atoms with Crippen LogP contribution in [0.2, 0.25) is 0 Å². The molecule has 1 atom stereocenters. The molecule has 3 rings (SSSR count). The molecule has 0 spiro atoms. The maximum Gasteiger partial charge on any atom is 0.407 e. The van der Waals surface area contributed by atoms with Crippen molar-refractivity contribution in [3.05, 3.63) is 65.0 Å². The van der Waals surface area contributed by atoms with Crippen molar-refractivity contribution in [2.24, 2.45) is 17.4 Å². The number of amidine groups is 2. The molecule has 31 heavy (non-hydrogen) atoms. The van der Waals surface area contributed by atoms with Crippen LogP contribution in [0.1, 0.15) is 28.9 Å². The van der Waals surface area contributed by atoms with E-state index >= 15 is 0 Å². The van der Waals surface area contributed by atoms with E-state index in [4.69, 9.17) is 22.3 Å². The number of nitrogen functional groups attached to an aromatic ring is 1. The first-order chi connectivity index (χ1) is 14.7. The van der Waals surface area contributed by atoms with Gasteiger partial charge in [-0.3, -0.25) is 10.8 Å². The smallest absolute Gasteiger partial charge is 0.407 e. The maximum absolute atomic E-state index is 11.9. The molecule has 0 fully saturated rings. The van der Waals surface area contributed by atoms with Gasteiger partial charge in [0.05, 0.1) is 16.9 Å². The minimum absolute atomic E-state index is 0.00809. The van der Waals surface area contributed by atoms with Crippen LogP contribution in [0.3, 0.4) is 0 Å². The number of carbonyl (C=O) groups is 1. The van der Waals surface area contributed by atoms with E-state index in [2.05, 4.69) is 9.97 Å². The molecule has 1 unspecified atom stereocenters. The van der Waals surface area contributed by atoms with Gasteiger partial charge in [0.15, 0.2) is 0 Å². The van der Waals surface area contributed by atoms with Gasteiger partial charge in [0.25, 0.3) is 0 Å². The topological polar surface area (TPSA) is 169 Å². The Kier molecular flexibility index (Phi) is 6.54. The number of nitrogens with one attached hydrogen (secondary N) is 3. The van der Waals surface area contributed by atoms with Gasteiger partial charge in [-0.15, -0.1) is 0 Å². The third kappa shape index (κ3) is 5.59. The Morgan fingerprint density at radius 1 is 1.16 bits per heavy atom. The number of nitrogens with two attached hydrogens (primary N) is 2.